The summed E-state index contributed by atoms with van der Waals surface area (Å²) in [5.41, 5.74) is 0.540. The second-order valence-corrected chi connectivity index (χ2v) is 8.80. The lowest BCUT2D eigenvalue weighted by Crippen LogP contribution is -2.39. The molecule has 3 N–H and O–H groups in total. The summed E-state index contributed by atoms with van der Waals surface area (Å²) in [6.07, 6.45) is 20.7. The van der Waals surface area contributed by atoms with E-state index in [1.807, 2.05) is 0 Å². The van der Waals surface area contributed by atoms with Gasteiger partial charge in [-0.25, -0.2) is 9.78 Å². The number of amides is 2. The molecule has 1 fully saturated rings. The highest BCUT2D eigenvalue weighted by molar-refractivity contribution is 5.87. The van der Waals surface area contributed by atoms with Crippen molar-refractivity contribution in [2.45, 2.75) is 122 Å². The van der Waals surface area contributed by atoms with Crippen molar-refractivity contribution in [1.29, 1.82) is 0 Å². The first-order valence-corrected chi connectivity index (χ1v) is 12.3. The van der Waals surface area contributed by atoms with Gasteiger partial charge in [-0.1, -0.05) is 90.4 Å². The van der Waals surface area contributed by atoms with Gasteiger partial charge in [-0.05, 0) is 25.7 Å². The molecule has 1 heterocycles. The van der Waals surface area contributed by atoms with Gasteiger partial charge in [0, 0.05) is 17.8 Å². The maximum atomic E-state index is 12.2. The molecule has 1 aromatic rings. The first-order chi connectivity index (χ1) is 14.7. The zero-order chi connectivity index (χ0) is 21.4. The van der Waals surface area contributed by atoms with Gasteiger partial charge in [0.25, 0.3) is 5.56 Å². The van der Waals surface area contributed by atoms with Gasteiger partial charge in [-0.15, -0.1) is 0 Å². The van der Waals surface area contributed by atoms with Crippen LogP contribution in [0.15, 0.2) is 10.9 Å². The molecular weight excluding hydrogens is 376 g/mol. The van der Waals surface area contributed by atoms with Gasteiger partial charge < -0.3 is 5.32 Å². The third kappa shape index (κ3) is 10.8. The molecule has 0 aromatic carbocycles. The minimum Gasteiger partial charge on any atom is -0.335 e. The largest absolute Gasteiger partial charge is 0.335 e. The normalized spacial score (nSPS) is 14.6. The lowest BCUT2D eigenvalue weighted by atomic mass is 9.96. The number of rotatable bonds is 14. The predicted molar refractivity (Wildman–Crippen MR) is 124 cm³/mol. The topological polar surface area (TPSA) is 86.9 Å². The fraction of sp³-hybridized carbons (Fsp3) is 0.792. The second kappa shape index (κ2) is 15.0. The van der Waals surface area contributed by atoms with Crippen LogP contribution in [0.1, 0.15) is 115 Å². The smallest absolute Gasteiger partial charge is 0.321 e. The Morgan fingerprint density at radius 3 is 2.20 bits per heavy atom. The van der Waals surface area contributed by atoms with Crippen LogP contribution in [-0.4, -0.2) is 22.0 Å². The molecule has 1 aliphatic rings. The molecule has 170 valence electrons. The van der Waals surface area contributed by atoms with Crippen LogP contribution in [0.4, 0.5) is 10.7 Å². The first-order valence-electron chi connectivity index (χ1n) is 12.3. The number of nitrogens with zero attached hydrogens (tertiary/aromatic N) is 1. The molecular formula is C24H42N4O2. The molecule has 0 bridgehead atoms. The van der Waals surface area contributed by atoms with Crippen molar-refractivity contribution < 1.29 is 4.79 Å². The number of hydrogen-bond donors (Lipinski definition) is 3. The van der Waals surface area contributed by atoms with Gasteiger partial charge in [0.05, 0.1) is 0 Å². The Balaban J connectivity index is 1.60. The number of aromatic nitrogens is 2. The number of carbonyl (C=O) groups excluding carboxylic acids is 1. The highest BCUT2D eigenvalue weighted by Gasteiger charge is 2.16. The summed E-state index contributed by atoms with van der Waals surface area (Å²) in [5.74, 6) is 0.244. The van der Waals surface area contributed by atoms with Crippen molar-refractivity contribution in [3.8, 4) is 0 Å². The molecule has 0 saturated heterocycles. The molecule has 2 rings (SSSR count). The molecule has 2 amide bonds. The predicted octanol–water partition coefficient (Wildman–Crippen LogP) is 6.08. The summed E-state index contributed by atoms with van der Waals surface area (Å²) >= 11 is 0. The van der Waals surface area contributed by atoms with Crippen molar-refractivity contribution in [3.05, 3.63) is 22.1 Å². The number of urea groups is 1. The summed E-state index contributed by atoms with van der Waals surface area (Å²) in [7, 11) is 0. The van der Waals surface area contributed by atoms with Crippen molar-refractivity contribution >= 4 is 12.0 Å². The van der Waals surface area contributed by atoms with Gasteiger partial charge in [-0.3, -0.25) is 15.1 Å². The Hall–Kier alpha value is -1.85. The standard InChI is InChI=1S/C24H42N4O2/c1-2-3-4-5-6-7-8-9-10-11-13-18-21-19-22(29)27-23(25-21)28-24(30)26-20-16-14-12-15-17-20/h19-20H,2-18H2,1H3,(H3,25,26,27,28,29,30). The number of aryl methyl sites for hydroxylation is 1. The Kier molecular flexibility index (Phi) is 12.2. The lowest BCUT2D eigenvalue weighted by molar-refractivity contribution is 0.244. The first kappa shape index (κ1) is 24.4. The Bertz CT molecular complexity index is 653. The van der Waals surface area contributed by atoms with Gasteiger partial charge in [0.15, 0.2) is 0 Å². The summed E-state index contributed by atoms with van der Waals surface area (Å²) in [5, 5.41) is 5.68. The number of nitrogens with one attached hydrogen (secondary N) is 3. The quantitative estimate of drug-likeness (QED) is 0.320. The molecule has 1 saturated carbocycles. The summed E-state index contributed by atoms with van der Waals surface area (Å²) in [4.78, 5) is 31.1. The van der Waals surface area contributed by atoms with Gasteiger partial charge in [-0.2, -0.15) is 0 Å². The van der Waals surface area contributed by atoms with Crippen molar-refractivity contribution in [2.75, 3.05) is 5.32 Å². The van der Waals surface area contributed by atoms with E-state index in [0.29, 0.717) is 0 Å². The number of carbonyl (C=O) groups is 1. The lowest BCUT2D eigenvalue weighted by Gasteiger charge is -2.22. The SMILES string of the molecule is CCCCCCCCCCCCCc1cc(=O)[nH]c(NC(=O)NC2CCCCC2)n1. The van der Waals surface area contributed by atoms with E-state index < -0.39 is 0 Å². The zero-order valence-corrected chi connectivity index (χ0v) is 18.9. The Labute approximate surface area is 182 Å². The van der Waals surface area contributed by atoms with Crippen LogP contribution in [0.3, 0.4) is 0 Å². The average molecular weight is 419 g/mol. The zero-order valence-electron chi connectivity index (χ0n) is 18.9. The number of anilines is 1. The van der Waals surface area contributed by atoms with Crippen molar-refractivity contribution in [2.24, 2.45) is 0 Å². The number of hydrogen-bond acceptors (Lipinski definition) is 3. The Morgan fingerprint density at radius 1 is 0.967 bits per heavy atom. The maximum absolute atomic E-state index is 12.2. The van der Waals surface area contributed by atoms with Crippen LogP contribution in [0, 0.1) is 0 Å². The van der Waals surface area contributed by atoms with Gasteiger partial charge >= 0.3 is 6.03 Å². The molecule has 0 aliphatic heterocycles. The molecule has 30 heavy (non-hydrogen) atoms. The molecule has 0 atom stereocenters. The molecule has 1 aromatic heterocycles. The molecule has 6 heteroatoms. The van der Waals surface area contributed by atoms with Gasteiger partial charge in [0.1, 0.15) is 0 Å². The highest BCUT2D eigenvalue weighted by Crippen LogP contribution is 2.17. The third-order valence-corrected chi connectivity index (χ3v) is 6.00. The molecule has 0 spiro atoms. The van der Waals surface area contributed by atoms with Crippen molar-refractivity contribution in [3.63, 3.8) is 0 Å². The monoisotopic (exact) mass is 418 g/mol. The highest BCUT2D eigenvalue weighted by atomic mass is 16.2. The van der Waals surface area contributed by atoms with E-state index in [1.165, 1.54) is 64.2 Å². The van der Waals surface area contributed by atoms with E-state index in [2.05, 4.69) is 27.5 Å². The number of aromatic amines is 1. The maximum Gasteiger partial charge on any atom is 0.321 e. The van der Waals surface area contributed by atoms with E-state index in [1.54, 1.807) is 6.07 Å². The van der Waals surface area contributed by atoms with E-state index in [-0.39, 0.29) is 23.6 Å². The van der Waals surface area contributed by atoms with Crippen molar-refractivity contribution in [1.82, 2.24) is 15.3 Å². The molecule has 6 nitrogen and oxygen atoms in total. The van der Waals surface area contributed by atoms with Crippen LogP contribution in [0.2, 0.25) is 0 Å². The van der Waals surface area contributed by atoms with E-state index in [9.17, 15) is 9.59 Å². The van der Waals surface area contributed by atoms with Crippen LogP contribution >= 0.6 is 0 Å². The van der Waals surface area contributed by atoms with Crippen LogP contribution in [-0.2, 0) is 6.42 Å². The summed E-state index contributed by atoms with van der Waals surface area (Å²) in [6, 6.07) is 1.49. The van der Waals surface area contributed by atoms with Gasteiger partial charge in [0.2, 0.25) is 5.95 Å². The van der Waals surface area contributed by atoms with E-state index in [4.69, 9.17) is 0 Å². The Morgan fingerprint density at radius 2 is 1.57 bits per heavy atom. The number of unbranched alkanes of at least 4 members (excludes halogenated alkanes) is 10. The summed E-state index contributed by atoms with van der Waals surface area (Å²) in [6.45, 7) is 2.26. The second-order valence-electron chi connectivity index (χ2n) is 8.80. The fourth-order valence-corrected chi connectivity index (χ4v) is 4.24. The van der Waals surface area contributed by atoms with E-state index >= 15 is 0 Å². The van der Waals surface area contributed by atoms with Crippen LogP contribution < -0.4 is 16.2 Å². The average Bonchev–Trinajstić information content (AvgIpc) is 2.72. The number of H-pyrrole nitrogens is 1. The summed E-state index contributed by atoms with van der Waals surface area (Å²) < 4.78 is 0. The molecule has 0 unspecified atom stereocenters. The van der Waals surface area contributed by atoms with Crippen LogP contribution in [0.25, 0.3) is 0 Å². The van der Waals surface area contributed by atoms with E-state index in [0.717, 1.165) is 50.6 Å². The fourth-order valence-electron chi connectivity index (χ4n) is 4.24. The minimum atomic E-state index is -0.281. The third-order valence-electron chi connectivity index (χ3n) is 6.00. The minimum absolute atomic E-state index is 0.212. The van der Waals surface area contributed by atoms with Crippen LogP contribution in [0.5, 0.6) is 0 Å². The molecule has 0 radical (unpaired) electrons. The molecule has 1 aliphatic carbocycles.